The standard InChI is InChI=1S/C21H21ClN2O5/c22-16-5-3-14(4-6-16)17-12-18(19-2-1-9-28-19)24(23-17)20(25)13-29-21(26)15-7-10-27-11-8-15/h1-6,9,15,18H,7-8,10-13H2. The molecule has 3 heterocycles. The van der Waals surface area contributed by atoms with Gasteiger partial charge in [-0.1, -0.05) is 23.7 Å². The average Bonchev–Trinajstić information content (AvgIpc) is 3.43. The lowest BCUT2D eigenvalue weighted by molar-refractivity contribution is -0.158. The van der Waals surface area contributed by atoms with Crippen LogP contribution >= 0.6 is 11.6 Å². The van der Waals surface area contributed by atoms with Gasteiger partial charge in [0, 0.05) is 24.7 Å². The van der Waals surface area contributed by atoms with Crippen molar-refractivity contribution in [3.8, 4) is 0 Å². The van der Waals surface area contributed by atoms with Crippen molar-refractivity contribution < 1.29 is 23.5 Å². The molecule has 0 spiro atoms. The van der Waals surface area contributed by atoms with Crippen LogP contribution in [0.1, 0.15) is 36.6 Å². The Morgan fingerprint density at radius 3 is 2.62 bits per heavy atom. The highest BCUT2D eigenvalue weighted by molar-refractivity contribution is 6.30. The Labute approximate surface area is 173 Å². The van der Waals surface area contributed by atoms with Crippen LogP contribution in [0, 0.1) is 5.92 Å². The molecular weight excluding hydrogens is 396 g/mol. The van der Waals surface area contributed by atoms with Gasteiger partial charge in [0.2, 0.25) is 0 Å². The smallest absolute Gasteiger partial charge is 0.309 e. The largest absolute Gasteiger partial charge is 0.467 e. The summed E-state index contributed by atoms with van der Waals surface area (Å²) in [6, 6.07) is 10.5. The fourth-order valence-corrected chi connectivity index (χ4v) is 3.64. The zero-order valence-corrected chi connectivity index (χ0v) is 16.5. The number of ether oxygens (including phenoxy) is 2. The van der Waals surface area contributed by atoms with Crippen LogP contribution in [0.25, 0.3) is 0 Å². The lowest BCUT2D eigenvalue weighted by Gasteiger charge is -2.22. The van der Waals surface area contributed by atoms with Crippen LogP contribution in [0.2, 0.25) is 5.02 Å². The zero-order valence-electron chi connectivity index (χ0n) is 15.8. The van der Waals surface area contributed by atoms with E-state index in [-0.39, 0.29) is 24.5 Å². The van der Waals surface area contributed by atoms with E-state index in [9.17, 15) is 9.59 Å². The molecule has 1 fully saturated rings. The van der Waals surface area contributed by atoms with E-state index in [2.05, 4.69) is 5.10 Å². The first-order chi connectivity index (χ1) is 14.1. The molecule has 0 N–H and O–H groups in total. The molecular formula is C21H21ClN2O5. The minimum absolute atomic E-state index is 0.218. The number of hydrogen-bond acceptors (Lipinski definition) is 6. The first-order valence-corrected chi connectivity index (χ1v) is 9.93. The lowest BCUT2D eigenvalue weighted by Crippen LogP contribution is -2.33. The SMILES string of the molecule is O=C(OCC(=O)N1N=C(c2ccc(Cl)cc2)CC1c1ccco1)C1CCOCC1. The summed E-state index contributed by atoms with van der Waals surface area (Å²) in [5, 5.41) is 6.48. The molecule has 0 aliphatic carbocycles. The summed E-state index contributed by atoms with van der Waals surface area (Å²) in [6.45, 7) is 0.717. The summed E-state index contributed by atoms with van der Waals surface area (Å²) in [6.07, 6.45) is 3.29. The highest BCUT2D eigenvalue weighted by atomic mass is 35.5. The number of amides is 1. The molecule has 1 saturated heterocycles. The minimum Gasteiger partial charge on any atom is -0.467 e. The van der Waals surface area contributed by atoms with Crippen molar-refractivity contribution in [3.05, 3.63) is 59.0 Å². The summed E-state index contributed by atoms with van der Waals surface area (Å²) < 4.78 is 16.0. The molecule has 1 aromatic carbocycles. The lowest BCUT2D eigenvalue weighted by atomic mass is 10.0. The molecule has 0 bridgehead atoms. The second kappa shape index (κ2) is 8.80. The number of rotatable bonds is 5. The van der Waals surface area contributed by atoms with Gasteiger partial charge < -0.3 is 13.9 Å². The maximum absolute atomic E-state index is 12.8. The first-order valence-electron chi connectivity index (χ1n) is 9.55. The number of furan rings is 1. The Morgan fingerprint density at radius 2 is 1.93 bits per heavy atom. The maximum Gasteiger partial charge on any atom is 0.309 e. The quantitative estimate of drug-likeness (QED) is 0.696. The van der Waals surface area contributed by atoms with Gasteiger partial charge in [0.1, 0.15) is 11.8 Å². The molecule has 1 aromatic heterocycles. The highest BCUT2D eigenvalue weighted by Gasteiger charge is 2.35. The summed E-state index contributed by atoms with van der Waals surface area (Å²) in [4.78, 5) is 25.1. The van der Waals surface area contributed by atoms with E-state index >= 15 is 0 Å². The van der Waals surface area contributed by atoms with Gasteiger partial charge in [0.25, 0.3) is 5.91 Å². The minimum atomic E-state index is -0.393. The molecule has 0 saturated carbocycles. The first kappa shape index (κ1) is 19.7. The van der Waals surface area contributed by atoms with Gasteiger partial charge >= 0.3 is 5.97 Å². The van der Waals surface area contributed by atoms with Crippen molar-refractivity contribution in [2.75, 3.05) is 19.8 Å². The third-order valence-electron chi connectivity index (χ3n) is 5.11. The summed E-state index contributed by atoms with van der Waals surface area (Å²) in [5.74, 6) is -0.348. The third kappa shape index (κ3) is 4.52. The molecule has 7 nitrogen and oxygen atoms in total. The van der Waals surface area contributed by atoms with Crippen LogP contribution < -0.4 is 0 Å². The van der Waals surface area contributed by atoms with Gasteiger partial charge in [-0.05, 0) is 42.7 Å². The predicted molar refractivity (Wildman–Crippen MR) is 105 cm³/mol. The molecule has 2 aromatic rings. The molecule has 1 amide bonds. The van der Waals surface area contributed by atoms with E-state index in [1.54, 1.807) is 30.5 Å². The Bertz CT molecular complexity index is 888. The van der Waals surface area contributed by atoms with Gasteiger partial charge in [0.05, 0.1) is 17.9 Å². The van der Waals surface area contributed by atoms with Gasteiger partial charge in [-0.25, -0.2) is 5.01 Å². The second-order valence-corrected chi connectivity index (χ2v) is 7.46. The number of halogens is 1. The number of esters is 1. The van der Waals surface area contributed by atoms with E-state index in [0.29, 0.717) is 43.3 Å². The van der Waals surface area contributed by atoms with Crippen LogP contribution in [0.15, 0.2) is 52.2 Å². The van der Waals surface area contributed by atoms with E-state index in [4.69, 9.17) is 25.5 Å². The van der Waals surface area contributed by atoms with Crippen LogP contribution in [-0.4, -0.2) is 42.4 Å². The average molecular weight is 417 g/mol. The molecule has 152 valence electrons. The molecule has 2 aliphatic heterocycles. The number of carbonyl (C=O) groups excluding carboxylic acids is 2. The third-order valence-corrected chi connectivity index (χ3v) is 5.36. The second-order valence-electron chi connectivity index (χ2n) is 7.02. The molecule has 2 aliphatic rings. The van der Waals surface area contributed by atoms with E-state index in [0.717, 1.165) is 11.3 Å². The number of hydrogen-bond donors (Lipinski definition) is 0. The van der Waals surface area contributed by atoms with Crippen LogP contribution in [0.5, 0.6) is 0 Å². The van der Waals surface area contributed by atoms with Crippen molar-refractivity contribution in [1.82, 2.24) is 5.01 Å². The molecule has 8 heteroatoms. The predicted octanol–water partition coefficient (Wildman–Crippen LogP) is 3.58. The van der Waals surface area contributed by atoms with Crippen LogP contribution in [0.3, 0.4) is 0 Å². The number of benzene rings is 1. The number of hydrazone groups is 1. The van der Waals surface area contributed by atoms with Crippen molar-refractivity contribution in [2.24, 2.45) is 11.0 Å². The fraction of sp³-hybridized carbons (Fsp3) is 0.381. The van der Waals surface area contributed by atoms with Crippen molar-refractivity contribution in [1.29, 1.82) is 0 Å². The van der Waals surface area contributed by atoms with Crippen LogP contribution in [-0.2, 0) is 19.1 Å². The Morgan fingerprint density at radius 1 is 1.17 bits per heavy atom. The van der Waals surface area contributed by atoms with Gasteiger partial charge in [-0.15, -0.1) is 0 Å². The summed E-state index contributed by atoms with van der Waals surface area (Å²) >= 11 is 5.97. The van der Waals surface area contributed by atoms with Crippen molar-refractivity contribution in [2.45, 2.75) is 25.3 Å². The van der Waals surface area contributed by atoms with Crippen molar-refractivity contribution >= 4 is 29.2 Å². The van der Waals surface area contributed by atoms with Crippen molar-refractivity contribution in [3.63, 3.8) is 0 Å². The monoisotopic (exact) mass is 416 g/mol. The Hall–Kier alpha value is -2.64. The van der Waals surface area contributed by atoms with Gasteiger partial charge in [0.15, 0.2) is 6.61 Å². The molecule has 1 unspecified atom stereocenters. The topological polar surface area (TPSA) is 81.3 Å². The normalized spacial score (nSPS) is 19.8. The summed E-state index contributed by atoms with van der Waals surface area (Å²) in [7, 11) is 0. The maximum atomic E-state index is 12.8. The number of nitrogens with zero attached hydrogens (tertiary/aromatic N) is 2. The zero-order chi connectivity index (χ0) is 20.2. The molecule has 0 radical (unpaired) electrons. The molecule has 4 rings (SSSR count). The Kier molecular flexibility index (Phi) is 5.97. The molecule has 1 atom stereocenters. The van der Waals surface area contributed by atoms with E-state index in [1.165, 1.54) is 5.01 Å². The summed E-state index contributed by atoms with van der Waals surface area (Å²) in [5.41, 5.74) is 1.62. The van der Waals surface area contributed by atoms with Crippen LogP contribution in [0.4, 0.5) is 0 Å². The number of carbonyl (C=O) groups is 2. The van der Waals surface area contributed by atoms with E-state index < -0.39 is 5.91 Å². The molecule has 29 heavy (non-hydrogen) atoms. The van der Waals surface area contributed by atoms with Gasteiger partial charge in [-0.3, -0.25) is 9.59 Å². The Balaban J connectivity index is 1.47. The fourth-order valence-electron chi connectivity index (χ4n) is 3.51. The van der Waals surface area contributed by atoms with Gasteiger partial charge in [-0.2, -0.15) is 5.10 Å². The highest BCUT2D eigenvalue weighted by Crippen LogP contribution is 2.33. The van der Waals surface area contributed by atoms with E-state index in [1.807, 2.05) is 12.1 Å².